The van der Waals surface area contributed by atoms with E-state index in [0.717, 1.165) is 33.1 Å². The highest BCUT2D eigenvalue weighted by molar-refractivity contribution is 6.08. The average Bonchev–Trinajstić information content (AvgIpc) is 2.55. The molecule has 0 aliphatic heterocycles. The van der Waals surface area contributed by atoms with E-state index in [1.807, 2.05) is 42.6 Å². The molecule has 0 aliphatic rings. The van der Waals surface area contributed by atoms with Crippen molar-refractivity contribution < 1.29 is 0 Å². The van der Waals surface area contributed by atoms with Gasteiger partial charge in [0.2, 0.25) is 0 Å². The molecule has 0 bridgehead atoms. The molecular weight excluding hydrogens is 256 g/mol. The van der Waals surface area contributed by atoms with Gasteiger partial charge in [0.05, 0.1) is 5.52 Å². The van der Waals surface area contributed by atoms with E-state index in [2.05, 4.69) is 35.3 Å². The Balaban J connectivity index is 2.05. The van der Waals surface area contributed by atoms with Gasteiger partial charge in [-0.15, -0.1) is 0 Å². The van der Waals surface area contributed by atoms with Crippen LogP contribution < -0.4 is 5.73 Å². The van der Waals surface area contributed by atoms with Gasteiger partial charge in [0.15, 0.2) is 0 Å². The number of anilines is 1. The van der Waals surface area contributed by atoms with E-state index in [9.17, 15) is 0 Å². The van der Waals surface area contributed by atoms with Gasteiger partial charge in [-0.05, 0) is 23.1 Å². The first-order chi connectivity index (χ1) is 10.3. The SMILES string of the molecule is Nc1cc2c(cc1-c1ccccc1)ncc1ccccc12. The van der Waals surface area contributed by atoms with Gasteiger partial charge < -0.3 is 5.73 Å². The molecule has 3 aromatic carbocycles. The molecule has 2 heteroatoms. The molecule has 0 saturated heterocycles. The third-order valence-corrected chi connectivity index (χ3v) is 3.85. The van der Waals surface area contributed by atoms with Gasteiger partial charge in [-0.25, -0.2) is 0 Å². The molecule has 1 aromatic heterocycles. The standard InChI is InChI=1S/C19H14N2/c20-18-10-17-15-9-5-4-8-14(15)12-21-19(17)11-16(18)13-6-2-1-3-7-13/h1-12H,20H2. The minimum atomic E-state index is 0.784. The fourth-order valence-corrected chi connectivity index (χ4v) is 2.79. The highest BCUT2D eigenvalue weighted by Gasteiger charge is 2.08. The predicted octanol–water partition coefficient (Wildman–Crippen LogP) is 4.64. The largest absolute Gasteiger partial charge is 0.398 e. The third-order valence-electron chi connectivity index (χ3n) is 3.85. The normalized spacial score (nSPS) is 11.0. The van der Waals surface area contributed by atoms with Crippen LogP contribution in [0.3, 0.4) is 0 Å². The van der Waals surface area contributed by atoms with Gasteiger partial charge in [0.25, 0.3) is 0 Å². The first-order valence-electron chi connectivity index (χ1n) is 6.95. The van der Waals surface area contributed by atoms with Crippen LogP contribution in [0.1, 0.15) is 0 Å². The van der Waals surface area contributed by atoms with Crippen LogP contribution in [0.5, 0.6) is 0 Å². The summed E-state index contributed by atoms with van der Waals surface area (Å²) in [4.78, 5) is 4.58. The fraction of sp³-hybridized carbons (Fsp3) is 0. The Morgan fingerprint density at radius 2 is 1.52 bits per heavy atom. The average molecular weight is 270 g/mol. The van der Waals surface area contributed by atoms with Gasteiger partial charge in [-0.2, -0.15) is 0 Å². The van der Waals surface area contributed by atoms with E-state index in [1.54, 1.807) is 0 Å². The summed E-state index contributed by atoms with van der Waals surface area (Å²) >= 11 is 0. The van der Waals surface area contributed by atoms with Crippen molar-refractivity contribution >= 4 is 27.4 Å². The molecule has 4 rings (SSSR count). The molecule has 0 saturated carbocycles. The van der Waals surface area contributed by atoms with Crippen LogP contribution in [0.15, 0.2) is 72.9 Å². The van der Waals surface area contributed by atoms with E-state index in [0.29, 0.717) is 0 Å². The van der Waals surface area contributed by atoms with Crippen LogP contribution in [-0.4, -0.2) is 4.98 Å². The lowest BCUT2D eigenvalue weighted by Gasteiger charge is -2.09. The number of pyridine rings is 1. The second kappa shape index (κ2) is 4.60. The van der Waals surface area contributed by atoms with E-state index >= 15 is 0 Å². The van der Waals surface area contributed by atoms with Crippen LogP contribution in [0.2, 0.25) is 0 Å². The number of aromatic nitrogens is 1. The van der Waals surface area contributed by atoms with Crippen molar-refractivity contribution in [3.63, 3.8) is 0 Å². The minimum Gasteiger partial charge on any atom is -0.398 e. The first-order valence-corrected chi connectivity index (χ1v) is 6.95. The van der Waals surface area contributed by atoms with Crippen molar-refractivity contribution in [2.45, 2.75) is 0 Å². The van der Waals surface area contributed by atoms with E-state index in [4.69, 9.17) is 5.73 Å². The van der Waals surface area contributed by atoms with Gasteiger partial charge in [0, 0.05) is 28.2 Å². The van der Waals surface area contributed by atoms with Crippen LogP contribution in [0.4, 0.5) is 5.69 Å². The van der Waals surface area contributed by atoms with Crippen molar-refractivity contribution in [3.05, 3.63) is 72.9 Å². The van der Waals surface area contributed by atoms with Crippen molar-refractivity contribution in [2.75, 3.05) is 5.73 Å². The Labute approximate surface area is 122 Å². The molecule has 0 unspecified atom stereocenters. The van der Waals surface area contributed by atoms with Gasteiger partial charge >= 0.3 is 0 Å². The van der Waals surface area contributed by atoms with Gasteiger partial charge in [-0.3, -0.25) is 4.98 Å². The van der Waals surface area contributed by atoms with E-state index in [-0.39, 0.29) is 0 Å². The molecule has 0 aliphatic carbocycles. The number of nitrogen functional groups attached to an aromatic ring is 1. The number of hydrogen-bond donors (Lipinski definition) is 1. The molecule has 4 aromatic rings. The van der Waals surface area contributed by atoms with Crippen LogP contribution in [-0.2, 0) is 0 Å². The van der Waals surface area contributed by atoms with E-state index < -0.39 is 0 Å². The Hall–Kier alpha value is -2.87. The zero-order chi connectivity index (χ0) is 14.2. The second-order valence-electron chi connectivity index (χ2n) is 5.17. The maximum Gasteiger partial charge on any atom is 0.0716 e. The Bertz CT molecular complexity index is 943. The Morgan fingerprint density at radius 3 is 2.38 bits per heavy atom. The Kier molecular flexibility index (Phi) is 2.61. The van der Waals surface area contributed by atoms with Crippen molar-refractivity contribution in [1.82, 2.24) is 4.98 Å². The zero-order valence-electron chi connectivity index (χ0n) is 11.5. The van der Waals surface area contributed by atoms with E-state index in [1.165, 1.54) is 5.39 Å². The summed E-state index contributed by atoms with van der Waals surface area (Å²) in [7, 11) is 0. The quantitative estimate of drug-likeness (QED) is 0.404. The lowest BCUT2D eigenvalue weighted by Crippen LogP contribution is -1.92. The summed E-state index contributed by atoms with van der Waals surface area (Å²) in [6, 6.07) is 22.5. The summed E-state index contributed by atoms with van der Waals surface area (Å²) in [5.74, 6) is 0. The third kappa shape index (κ3) is 1.93. The fourth-order valence-electron chi connectivity index (χ4n) is 2.79. The van der Waals surface area contributed by atoms with Crippen molar-refractivity contribution in [3.8, 4) is 11.1 Å². The molecule has 0 atom stereocenters. The monoisotopic (exact) mass is 270 g/mol. The topological polar surface area (TPSA) is 38.9 Å². The number of fused-ring (bicyclic) bond motifs is 3. The highest BCUT2D eigenvalue weighted by atomic mass is 14.7. The number of hydrogen-bond acceptors (Lipinski definition) is 2. The smallest absolute Gasteiger partial charge is 0.0716 e. The maximum atomic E-state index is 6.28. The summed E-state index contributed by atoms with van der Waals surface area (Å²) in [6.45, 7) is 0. The molecule has 1 heterocycles. The zero-order valence-corrected chi connectivity index (χ0v) is 11.5. The van der Waals surface area contributed by atoms with Crippen LogP contribution in [0, 0.1) is 0 Å². The molecule has 0 spiro atoms. The van der Waals surface area contributed by atoms with Gasteiger partial charge in [-0.1, -0.05) is 54.6 Å². The summed E-state index contributed by atoms with van der Waals surface area (Å²) in [5, 5.41) is 3.43. The second-order valence-corrected chi connectivity index (χ2v) is 5.17. The first kappa shape index (κ1) is 11.9. The molecule has 2 N–H and O–H groups in total. The molecule has 0 radical (unpaired) electrons. The van der Waals surface area contributed by atoms with Crippen LogP contribution in [0.25, 0.3) is 32.8 Å². The molecule has 0 fully saturated rings. The molecular formula is C19H14N2. The van der Waals surface area contributed by atoms with Crippen molar-refractivity contribution in [1.29, 1.82) is 0 Å². The Morgan fingerprint density at radius 1 is 0.762 bits per heavy atom. The molecule has 2 nitrogen and oxygen atoms in total. The van der Waals surface area contributed by atoms with Gasteiger partial charge in [0.1, 0.15) is 0 Å². The summed E-state index contributed by atoms with van der Waals surface area (Å²) in [5.41, 5.74) is 10.2. The molecule has 100 valence electrons. The predicted molar refractivity (Wildman–Crippen MR) is 89.1 cm³/mol. The van der Waals surface area contributed by atoms with Crippen LogP contribution >= 0.6 is 0 Å². The molecule has 0 amide bonds. The number of nitrogens with two attached hydrogens (primary N) is 1. The summed E-state index contributed by atoms with van der Waals surface area (Å²) < 4.78 is 0. The lowest BCUT2D eigenvalue weighted by atomic mass is 9.99. The molecule has 21 heavy (non-hydrogen) atoms. The highest BCUT2D eigenvalue weighted by Crippen LogP contribution is 2.32. The maximum absolute atomic E-state index is 6.28. The van der Waals surface area contributed by atoms with Crippen molar-refractivity contribution in [2.24, 2.45) is 0 Å². The minimum absolute atomic E-state index is 0.784. The number of nitrogens with zero attached hydrogens (tertiary/aromatic N) is 1. The number of rotatable bonds is 1. The summed E-state index contributed by atoms with van der Waals surface area (Å²) in [6.07, 6.45) is 1.92. The lowest BCUT2D eigenvalue weighted by molar-refractivity contribution is 1.44. The number of benzene rings is 3.